The molecule has 0 rings (SSSR count). The topological polar surface area (TPSA) is 61.8 Å². The lowest BCUT2D eigenvalue weighted by Crippen LogP contribution is -2.30. The third-order valence-electron chi connectivity index (χ3n) is 9.73. The summed E-state index contributed by atoms with van der Waals surface area (Å²) in [4.78, 5) is 25.0. The first kappa shape index (κ1) is 53.3. The third-order valence-corrected chi connectivity index (χ3v) is 9.73. The molecule has 0 aromatic carbocycles. The number of hydrogen-bond acceptors (Lipinski definition) is 5. The second-order valence-corrected chi connectivity index (χ2v) is 15.3. The van der Waals surface area contributed by atoms with Crippen molar-refractivity contribution in [3.63, 3.8) is 0 Å². The molecule has 0 aliphatic carbocycles. The summed E-state index contributed by atoms with van der Waals surface area (Å²) in [6.07, 6.45) is 59.4. The molecular formula is C51H88O5. The number of carbonyl (C=O) groups is 2. The summed E-state index contributed by atoms with van der Waals surface area (Å²) in [7, 11) is 0. The predicted octanol–water partition coefficient (Wildman–Crippen LogP) is 15.6. The highest BCUT2D eigenvalue weighted by atomic mass is 16.6. The molecule has 0 aromatic rings. The Balaban J connectivity index is 4.14. The van der Waals surface area contributed by atoms with Crippen molar-refractivity contribution in [2.24, 2.45) is 0 Å². The molecule has 0 aliphatic heterocycles. The predicted molar refractivity (Wildman–Crippen MR) is 242 cm³/mol. The van der Waals surface area contributed by atoms with Gasteiger partial charge in [-0.25, -0.2) is 0 Å². The lowest BCUT2D eigenvalue weighted by molar-refractivity contribution is -0.163. The van der Waals surface area contributed by atoms with Gasteiger partial charge in [0.15, 0.2) is 6.10 Å². The average molecular weight is 781 g/mol. The van der Waals surface area contributed by atoms with Gasteiger partial charge >= 0.3 is 11.9 Å². The Kier molecular flexibility index (Phi) is 44.5. The van der Waals surface area contributed by atoms with E-state index in [-0.39, 0.29) is 25.2 Å². The first-order chi connectivity index (χ1) is 27.6. The van der Waals surface area contributed by atoms with Gasteiger partial charge in [0.05, 0.1) is 6.61 Å². The van der Waals surface area contributed by atoms with Gasteiger partial charge in [-0.05, 0) is 89.9 Å². The molecule has 56 heavy (non-hydrogen) atoms. The number of allylic oxidation sites excluding steroid dienone is 12. The Hall–Kier alpha value is -2.66. The number of hydrogen-bond donors (Lipinski definition) is 0. The van der Waals surface area contributed by atoms with Gasteiger partial charge in [0.2, 0.25) is 0 Å². The smallest absolute Gasteiger partial charge is 0.306 e. The molecule has 0 aliphatic rings. The zero-order chi connectivity index (χ0) is 40.7. The summed E-state index contributed by atoms with van der Waals surface area (Å²) in [5, 5.41) is 0. The molecule has 322 valence electrons. The zero-order valence-corrected chi connectivity index (χ0v) is 36.9. The molecule has 0 N–H and O–H groups in total. The van der Waals surface area contributed by atoms with Crippen molar-refractivity contribution in [1.82, 2.24) is 0 Å². The Labute approximate surface area is 347 Å². The fraction of sp³-hybridized carbons (Fsp3) is 0.725. The van der Waals surface area contributed by atoms with Crippen LogP contribution < -0.4 is 0 Å². The van der Waals surface area contributed by atoms with E-state index in [4.69, 9.17) is 14.2 Å². The van der Waals surface area contributed by atoms with E-state index >= 15 is 0 Å². The van der Waals surface area contributed by atoms with Gasteiger partial charge in [0.25, 0.3) is 0 Å². The summed E-state index contributed by atoms with van der Waals surface area (Å²) in [6, 6.07) is 0. The molecule has 0 saturated carbocycles. The number of ether oxygens (including phenoxy) is 3. The molecule has 0 bridgehead atoms. The van der Waals surface area contributed by atoms with Gasteiger partial charge in [-0.2, -0.15) is 0 Å². The second kappa shape index (κ2) is 46.7. The average Bonchev–Trinajstić information content (AvgIpc) is 3.20. The first-order valence-corrected chi connectivity index (χ1v) is 23.5. The van der Waals surface area contributed by atoms with Gasteiger partial charge in [0.1, 0.15) is 6.61 Å². The fourth-order valence-electron chi connectivity index (χ4n) is 6.24. The van der Waals surface area contributed by atoms with E-state index in [1.807, 2.05) is 0 Å². The standard InChI is InChI=1S/C51H88O5/c1-4-7-10-13-15-17-19-21-23-25-27-29-31-33-35-37-40-43-46-54-47-49(56-51(53)45-42-38-12-9-6-3)48-55-50(52)44-41-39-36-34-32-30-28-26-24-22-20-18-16-14-11-8-5-2/h7,10,15,17,21-24,27,29,33,35,49H,4-6,8-9,11-14,16,18-20,25-26,28,30-32,34,36-48H2,1-3H3/b10-7-,17-15-,23-21-,24-22-,29-27-,35-33-. The fourth-order valence-corrected chi connectivity index (χ4v) is 6.24. The minimum Gasteiger partial charge on any atom is -0.462 e. The monoisotopic (exact) mass is 781 g/mol. The number of unbranched alkanes of at least 4 members (excludes halogenated alkanes) is 19. The Bertz CT molecular complexity index is 1020. The maximum atomic E-state index is 12.5. The van der Waals surface area contributed by atoms with Crippen LogP contribution in [0.25, 0.3) is 0 Å². The van der Waals surface area contributed by atoms with Crippen LogP contribution in [0.1, 0.15) is 213 Å². The van der Waals surface area contributed by atoms with Gasteiger partial charge in [-0.1, -0.05) is 184 Å². The molecule has 0 radical (unpaired) electrons. The first-order valence-electron chi connectivity index (χ1n) is 23.5. The van der Waals surface area contributed by atoms with E-state index in [0.29, 0.717) is 19.4 Å². The molecule has 1 atom stereocenters. The van der Waals surface area contributed by atoms with Crippen molar-refractivity contribution in [1.29, 1.82) is 0 Å². The van der Waals surface area contributed by atoms with Gasteiger partial charge in [-0.3, -0.25) is 9.59 Å². The summed E-state index contributed by atoms with van der Waals surface area (Å²) in [5.74, 6) is -0.441. The maximum Gasteiger partial charge on any atom is 0.306 e. The highest BCUT2D eigenvalue weighted by molar-refractivity contribution is 5.70. The van der Waals surface area contributed by atoms with Crippen molar-refractivity contribution in [2.45, 2.75) is 219 Å². The quantitative estimate of drug-likeness (QED) is 0.0351. The van der Waals surface area contributed by atoms with Crippen LogP contribution in [0.3, 0.4) is 0 Å². The van der Waals surface area contributed by atoms with Gasteiger partial charge < -0.3 is 14.2 Å². The molecule has 1 unspecified atom stereocenters. The van der Waals surface area contributed by atoms with Crippen molar-refractivity contribution >= 4 is 11.9 Å². The van der Waals surface area contributed by atoms with Crippen LogP contribution in [0, 0.1) is 0 Å². The molecule has 0 saturated heterocycles. The van der Waals surface area contributed by atoms with Crippen molar-refractivity contribution in [3.05, 3.63) is 72.9 Å². The Morgan fingerprint density at radius 3 is 1.30 bits per heavy atom. The van der Waals surface area contributed by atoms with Crippen LogP contribution in [-0.2, 0) is 23.8 Å². The van der Waals surface area contributed by atoms with Crippen LogP contribution in [0.4, 0.5) is 0 Å². The van der Waals surface area contributed by atoms with Crippen LogP contribution in [0.5, 0.6) is 0 Å². The van der Waals surface area contributed by atoms with Crippen molar-refractivity contribution < 1.29 is 23.8 Å². The normalized spacial score (nSPS) is 12.8. The SMILES string of the molecule is CC/C=C\C/C=C\C/C=C\C/C=C\C/C=C\CCCCOCC(COC(=O)CCCCCCCCC/C=C\CCCCCCCC)OC(=O)CCCCCCC. The lowest BCUT2D eigenvalue weighted by Gasteiger charge is -2.18. The highest BCUT2D eigenvalue weighted by Gasteiger charge is 2.17. The van der Waals surface area contributed by atoms with Crippen LogP contribution in [-0.4, -0.2) is 37.9 Å². The largest absolute Gasteiger partial charge is 0.462 e. The highest BCUT2D eigenvalue weighted by Crippen LogP contribution is 2.13. The van der Waals surface area contributed by atoms with Gasteiger partial charge in [0, 0.05) is 19.4 Å². The molecule has 0 fully saturated rings. The minimum atomic E-state index is -0.557. The summed E-state index contributed by atoms with van der Waals surface area (Å²) in [5.41, 5.74) is 0. The number of rotatable bonds is 42. The summed E-state index contributed by atoms with van der Waals surface area (Å²) >= 11 is 0. The van der Waals surface area contributed by atoms with E-state index in [1.165, 1.54) is 89.9 Å². The Morgan fingerprint density at radius 1 is 0.411 bits per heavy atom. The van der Waals surface area contributed by atoms with E-state index in [0.717, 1.165) is 89.9 Å². The second-order valence-electron chi connectivity index (χ2n) is 15.3. The lowest BCUT2D eigenvalue weighted by atomic mass is 10.1. The molecular weight excluding hydrogens is 693 g/mol. The molecule has 0 aromatic heterocycles. The van der Waals surface area contributed by atoms with Gasteiger partial charge in [-0.15, -0.1) is 0 Å². The maximum absolute atomic E-state index is 12.5. The molecule has 0 amide bonds. The molecule has 5 nitrogen and oxygen atoms in total. The molecule has 5 heteroatoms. The van der Waals surface area contributed by atoms with Crippen LogP contribution in [0.2, 0.25) is 0 Å². The van der Waals surface area contributed by atoms with E-state index < -0.39 is 6.10 Å². The van der Waals surface area contributed by atoms with Crippen molar-refractivity contribution in [3.8, 4) is 0 Å². The summed E-state index contributed by atoms with van der Waals surface area (Å²) in [6.45, 7) is 7.53. The van der Waals surface area contributed by atoms with Crippen LogP contribution in [0.15, 0.2) is 72.9 Å². The van der Waals surface area contributed by atoms with Crippen LogP contribution >= 0.6 is 0 Å². The van der Waals surface area contributed by atoms with E-state index in [9.17, 15) is 9.59 Å². The van der Waals surface area contributed by atoms with Crippen molar-refractivity contribution in [2.75, 3.05) is 19.8 Å². The minimum absolute atomic E-state index is 0.0633. The molecule has 0 spiro atoms. The molecule has 0 heterocycles. The number of esters is 2. The number of carbonyl (C=O) groups excluding carboxylic acids is 2. The van der Waals surface area contributed by atoms with E-state index in [2.05, 4.69) is 93.7 Å². The zero-order valence-electron chi connectivity index (χ0n) is 36.9. The van der Waals surface area contributed by atoms with E-state index in [1.54, 1.807) is 0 Å². The summed E-state index contributed by atoms with van der Waals surface area (Å²) < 4.78 is 17.2. The third kappa shape index (κ3) is 44.1. The Morgan fingerprint density at radius 2 is 0.804 bits per heavy atom.